The molecule has 1 aliphatic heterocycles. The summed E-state index contributed by atoms with van der Waals surface area (Å²) in [4.78, 5) is 15.1. The fraction of sp³-hybridized carbons (Fsp3) is 0.556. The average molecular weight is 330 g/mol. The van der Waals surface area contributed by atoms with Gasteiger partial charge in [0.1, 0.15) is 5.76 Å². The second-order valence-electron chi connectivity index (χ2n) is 6.84. The Kier molecular flexibility index (Phi) is 4.49. The number of rotatable bonds is 3. The lowest BCUT2D eigenvalue weighted by Crippen LogP contribution is -2.51. The Morgan fingerprint density at radius 3 is 2.75 bits per heavy atom. The monoisotopic (exact) mass is 330 g/mol. The van der Waals surface area contributed by atoms with Crippen LogP contribution in [0.3, 0.4) is 0 Å². The van der Waals surface area contributed by atoms with Crippen LogP contribution in [0.4, 0.5) is 0 Å². The maximum Gasteiger partial charge on any atom is 0.255 e. The highest BCUT2D eigenvalue weighted by Crippen LogP contribution is 2.27. The minimum Gasteiger partial charge on any atom is -0.360 e. The Morgan fingerprint density at radius 2 is 2.12 bits per heavy atom. The molecule has 1 amide bonds. The van der Waals surface area contributed by atoms with Crippen LogP contribution in [-0.4, -0.2) is 39.7 Å². The van der Waals surface area contributed by atoms with Crippen molar-refractivity contribution in [3.63, 3.8) is 0 Å². The van der Waals surface area contributed by atoms with Crippen LogP contribution in [0.15, 0.2) is 16.7 Å². The van der Waals surface area contributed by atoms with E-state index in [1.807, 2.05) is 42.4 Å². The van der Waals surface area contributed by atoms with Gasteiger partial charge in [0.15, 0.2) is 5.82 Å². The maximum absolute atomic E-state index is 13.2. The third-order valence-electron chi connectivity index (χ3n) is 5.12. The van der Waals surface area contributed by atoms with Crippen molar-refractivity contribution in [1.82, 2.24) is 14.6 Å². The lowest BCUT2D eigenvalue weighted by molar-refractivity contribution is 0.0532. The first-order valence-electron chi connectivity index (χ1n) is 8.57. The topological polar surface area (TPSA) is 77.3 Å². The molecule has 0 spiro atoms. The molecular formula is C18H26N4O2. The Balaban J connectivity index is 1.96. The number of amides is 1. The van der Waals surface area contributed by atoms with Gasteiger partial charge in [0.05, 0.1) is 5.56 Å². The molecule has 0 aliphatic carbocycles. The molecule has 6 nitrogen and oxygen atoms in total. The van der Waals surface area contributed by atoms with Crippen LogP contribution in [0.2, 0.25) is 0 Å². The van der Waals surface area contributed by atoms with Gasteiger partial charge in [-0.05, 0) is 45.6 Å². The van der Waals surface area contributed by atoms with Crippen LogP contribution in [0.5, 0.6) is 0 Å². The zero-order valence-electron chi connectivity index (χ0n) is 14.9. The summed E-state index contributed by atoms with van der Waals surface area (Å²) in [6.45, 7) is 9.25. The number of hydrogen-bond acceptors (Lipinski definition) is 4. The molecule has 0 bridgehead atoms. The molecule has 6 heteroatoms. The van der Waals surface area contributed by atoms with Crippen LogP contribution in [0.25, 0.3) is 5.82 Å². The van der Waals surface area contributed by atoms with Crippen molar-refractivity contribution >= 4 is 5.91 Å². The number of hydrogen-bond donors (Lipinski definition) is 1. The maximum atomic E-state index is 13.2. The molecule has 3 heterocycles. The van der Waals surface area contributed by atoms with Crippen LogP contribution >= 0.6 is 0 Å². The Morgan fingerprint density at radius 1 is 1.38 bits per heavy atom. The van der Waals surface area contributed by atoms with Crippen molar-refractivity contribution in [2.24, 2.45) is 11.7 Å². The summed E-state index contributed by atoms with van der Waals surface area (Å²) in [6, 6.07) is 3.93. The first-order chi connectivity index (χ1) is 11.4. The number of nitrogens with two attached hydrogens (primary N) is 1. The molecule has 0 aromatic carbocycles. The largest absolute Gasteiger partial charge is 0.360 e. The number of aryl methyl sites for hydroxylation is 2. The summed E-state index contributed by atoms with van der Waals surface area (Å²) in [6.07, 6.45) is 2.16. The van der Waals surface area contributed by atoms with Crippen LogP contribution < -0.4 is 5.73 Å². The van der Waals surface area contributed by atoms with Crippen LogP contribution in [-0.2, 0) is 0 Å². The molecule has 0 unspecified atom stereocenters. The lowest BCUT2D eigenvalue weighted by Gasteiger charge is -2.39. The first-order valence-corrected chi connectivity index (χ1v) is 8.57. The van der Waals surface area contributed by atoms with E-state index >= 15 is 0 Å². The van der Waals surface area contributed by atoms with E-state index in [-0.39, 0.29) is 11.9 Å². The van der Waals surface area contributed by atoms with Gasteiger partial charge in [0.25, 0.3) is 5.91 Å². The average Bonchev–Trinajstić information content (AvgIpc) is 3.09. The standard InChI is InChI=1S/C18H26N4O2/c1-11-6-5-7-21(16(11)10-19)18(23)15-8-12(2)22(14(15)4)17-9-13(3)24-20-17/h8-9,11,16H,5-7,10,19H2,1-4H3/t11-,16+/m1/s1. The fourth-order valence-electron chi connectivity index (χ4n) is 3.81. The lowest BCUT2D eigenvalue weighted by atomic mass is 9.90. The summed E-state index contributed by atoms with van der Waals surface area (Å²) in [7, 11) is 0. The summed E-state index contributed by atoms with van der Waals surface area (Å²) < 4.78 is 7.15. The SMILES string of the molecule is Cc1cc(-n2c(C)cc(C(=O)N3CCC[C@@H](C)[C@@H]3CN)c2C)no1. The first kappa shape index (κ1) is 16.8. The third kappa shape index (κ3) is 2.75. The van der Waals surface area contributed by atoms with Crippen molar-refractivity contribution < 1.29 is 9.32 Å². The van der Waals surface area contributed by atoms with Gasteiger partial charge >= 0.3 is 0 Å². The molecule has 3 rings (SSSR count). The molecule has 2 aromatic heterocycles. The van der Waals surface area contributed by atoms with E-state index in [4.69, 9.17) is 10.3 Å². The van der Waals surface area contributed by atoms with Crippen molar-refractivity contribution in [3.8, 4) is 5.82 Å². The number of aromatic nitrogens is 2. The van der Waals surface area contributed by atoms with Gasteiger partial charge in [0.2, 0.25) is 0 Å². The van der Waals surface area contributed by atoms with E-state index in [2.05, 4.69) is 12.1 Å². The van der Waals surface area contributed by atoms with Gasteiger partial charge in [-0.1, -0.05) is 12.1 Å². The predicted octanol–water partition coefficient (Wildman–Crippen LogP) is 2.59. The number of likely N-dealkylation sites (tertiary alicyclic amines) is 1. The van der Waals surface area contributed by atoms with Gasteiger partial charge in [-0.15, -0.1) is 0 Å². The van der Waals surface area contributed by atoms with Crippen molar-refractivity contribution in [1.29, 1.82) is 0 Å². The Labute approximate surface area is 142 Å². The van der Waals surface area contributed by atoms with E-state index in [1.165, 1.54) is 0 Å². The van der Waals surface area contributed by atoms with Crippen molar-refractivity contribution in [2.45, 2.75) is 46.6 Å². The van der Waals surface area contributed by atoms with E-state index in [9.17, 15) is 4.79 Å². The molecule has 2 atom stereocenters. The summed E-state index contributed by atoms with van der Waals surface area (Å²) in [5, 5.41) is 4.08. The van der Waals surface area contributed by atoms with Crippen LogP contribution in [0, 0.1) is 26.7 Å². The van der Waals surface area contributed by atoms with E-state index < -0.39 is 0 Å². The van der Waals surface area contributed by atoms with Crippen molar-refractivity contribution in [3.05, 3.63) is 34.8 Å². The molecule has 0 saturated carbocycles. The molecule has 24 heavy (non-hydrogen) atoms. The van der Waals surface area contributed by atoms with Gasteiger partial charge in [-0.25, -0.2) is 0 Å². The zero-order valence-corrected chi connectivity index (χ0v) is 14.9. The minimum atomic E-state index is 0.0663. The normalized spacial score (nSPS) is 21.3. The summed E-state index contributed by atoms with van der Waals surface area (Å²) >= 11 is 0. The fourth-order valence-corrected chi connectivity index (χ4v) is 3.81. The zero-order chi connectivity index (χ0) is 17.4. The van der Waals surface area contributed by atoms with E-state index in [0.717, 1.165) is 42.1 Å². The molecular weight excluding hydrogens is 304 g/mol. The van der Waals surface area contributed by atoms with E-state index in [0.29, 0.717) is 18.3 Å². The molecule has 1 aliphatic rings. The number of nitrogens with zero attached hydrogens (tertiary/aromatic N) is 3. The van der Waals surface area contributed by atoms with Crippen LogP contribution in [0.1, 0.15) is 47.3 Å². The molecule has 130 valence electrons. The summed E-state index contributed by atoms with van der Waals surface area (Å²) in [5.41, 5.74) is 8.53. The molecule has 1 fully saturated rings. The summed E-state index contributed by atoms with van der Waals surface area (Å²) in [5.74, 6) is 1.97. The molecule has 2 aromatic rings. The number of carbonyl (C=O) groups excluding carboxylic acids is 1. The minimum absolute atomic E-state index is 0.0663. The smallest absolute Gasteiger partial charge is 0.255 e. The number of carbonyl (C=O) groups is 1. The highest BCUT2D eigenvalue weighted by atomic mass is 16.5. The second kappa shape index (κ2) is 6.43. The Bertz CT molecular complexity index is 746. The quantitative estimate of drug-likeness (QED) is 0.938. The van der Waals surface area contributed by atoms with E-state index in [1.54, 1.807) is 0 Å². The molecule has 0 radical (unpaired) electrons. The van der Waals surface area contributed by atoms with Gasteiger partial charge < -0.3 is 15.2 Å². The highest BCUT2D eigenvalue weighted by Gasteiger charge is 2.33. The van der Waals surface area contributed by atoms with Crippen molar-refractivity contribution in [2.75, 3.05) is 13.1 Å². The predicted molar refractivity (Wildman–Crippen MR) is 92.3 cm³/mol. The van der Waals surface area contributed by atoms with Gasteiger partial charge in [0, 0.05) is 36.6 Å². The second-order valence-corrected chi connectivity index (χ2v) is 6.84. The number of piperidine rings is 1. The third-order valence-corrected chi connectivity index (χ3v) is 5.12. The van der Waals surface area contributed by atoms with Gasteiger partial charge in [-0.2, -0.15) is 0 Å². The molecule has 2 N–H and O–H groups in total. The highest BCUT2D eigenvalue weighted by molar-refractivity contribution is 5.96. The van der Waals surface area contributed by atoms with Gasteiger partial charge in [-0.3, -0.25) is 9.36 Å². The molecule has 1 saturated heterocycles. The Hall–Kier alpha value is -2.08.